The molecule has 1 saturated carbocycles. The number of aromatic nitrogens is 1. The fraction of sp³-hybridized carbons (Fsp3) is 0.571. The molecule has 0 radical (unpaired) electrons. The lowest BCUT2D eigenvalue weighted by Crippen LogP contribution is -2.52. The number of nitrogens with one attached hydrogen (secondary N) is 1. The van der Waals surface area contributed by atoms with Crippen molar-refractivity contribution in [3.8, 4) is 0 Å². The Labute approximate surface area is 108 Å². The van der Waals surface area contributed by atoms with Gasteiger partial charge in [0.15, 0.2) is 0 Å². The van der Waals surface area contributed by atoms with E-state index in [4.69, 9.17) is 5.73 Å². The fourth-order valence-corrected chi connectivity index (χ4v) is 2.60. The molecule has 2 unspecified atom stereocenters. The second-order valence-electron chi connectivity index (χ2n) is 5.38. The summed E-state index contributed by atoms with van der Waals surface area (Å²) in [5.41, 5.74) is 6.87. The van der Waals surface area contributed by atoms with Gasteiger partial charge in [0.2, 0.25) is 5.91 Å². The summed E-state index contributed by atoms with van der Waals surface area (Å²) < 4.78 is 0. The molecule has 0 aromatic carbocycles. The molecule has 18 heavy (non-hydrogen) atoms. The maximum atomic E-state index is 12.2. The lowest BCUT2D eigenvalue weighted by molar-refractivity contribution is -0.128. The van der Waals surface area contributed by atoms with Gasteiger partial charge in [0.1, 0.15) is 0 Å². The molecule has 1 aromatic heterocycles. The Hall–Kier alpha value is -1.42. The minimum absolute atomic E-state index is 0.0667. The molecule has 0 saturated heterocycles. The van der Waals surface area contributed by atoms with E-state index in [0.717, 1.165) is 31.2 Å². The van der Waals surface area contributed by atoms with Crippen LogP contribution in [0.4, 0.5) is 0 Å². The van der Waals surface area contributed by atoms with E-state index in [9.17, 15) is 4.79 Å². The van der Waals surface area contributed by atoms with Gasteiger partial charge >= 0.3 is 0 Å². The number of carbonyl (C=O) groups excluding carboxylic acids is 1. The van der Waals surface area contributed by atoms with Crippen LogP contribution in [0.5, 0.6) is 0 Å². The lowest BCUT2D eigenvalue weighted by atomic mass is 9.74. The van der Waals surface area contributed by atoms with Crippen molar-refractivity contribution in [3.05, 3.63) is 30.1 Å². The average Bonchev–Trinajstić information content (AvgIpc) is 2.37. The van der Waals surface area contributed by atoms with Crippen LogP contribution in [0.1, 0.15) is 38.2 Å². The number of nitrogens with two attached hydrogens (primary N) is 1. The number of hydrogen-bond acceptors (Lipinski definition) is 3. The molecule has 1 aliphatic carbocycles. The Balaban J connectivity index is 1.91. The van der Waals surface area contributed by atoms with E-state index in [1.807, 2.05) is 19.1 Å². The van der Waals surface area contributed by atoms with E-state index >= 15 is 0 Å². The van der Waals surface area contributed by atoms with Crippen LogP contribution >= 0.6 is 0 Å². The molecule has 0 spiro atoms. The third kappa shape index (κ3) is 3.07. The van der Waals surface area contributed by atoms with Crippen molar-refractivity contribution in [2.45, 2.75) is 44.7 Å². The molecule has 0 bridgehead atoms. The van der Waals surface area contributed by atoms with Crippen LogP contribution in [0.15, 0.2) is 24.5 Å². The standard InChI is InChI=1S/C14H21N3O/c1-14(15)7-3-2-6-12(14)13(18)17-10-11-5-4-8-16-9-11/h4-5,8-9,12H,2-3,6-7,10,15H2,1H3,(H,17,18). The van der Waals surface area contributed by atoms with Gasteiger partial charge in [-0.3, -0.25) is 9.78 Å². The molecule has 1 aromatic rings. The first-order valence-corrected chi connectivity index (χ1v) is 6.55. The summed E-state index contributed by atoms with van der Waals surface area (Å²) in [6.07, 6.45) is 7.53. The van der Waals surface area contributed by atoms with Crippen molar-refractivity contribution in [2.75, 3.05) is 0 Å². The van der Waals surface area contributed by atoms with Crippen molar-refractivity contribution >= 4 is 5.91 Å². The van der Waals surface area contributed by atoms with Crippen LogP contribution in [0.2, 0.25) is 0 Å². The topological polar surface area (TPSA) is 68.0 Å². The number of amides is 1. The van der Waals surface area contributed by atoms with E-state index in [1.54, 1.807) is 12.4 Å². The van der Waals surface area contributed by atoms with Crippen LogP contribution < -0.4 is 11.1 Å². The van der Waals surface area contributed by atoms with Gasteiger partial charge in [0, 0.05) is 24.5 Å². The van der Waals surface area contributed by atoms with Gasteiger partial charge < -0.3 is 11.1 Å². The smallest absolute Gasteiger partial charge is 0.225 e. The minimum atomic E-state index is -0.364. The summed E-state index contributed by atoms with van der Waals surface area (Å²) in [6, 6.07) is 3.82. The summed E-state index contributed by atoms with van der Waals surface area (Å²) in [5, 5.41) is 2.97. The second kappa shape index (κ2) is 5.48. The van der Waals surface area contributed by atoms with Crippen molar-refractivity contribution < 1.29 is 4.79 Å². The maximum absolute atomic E-state index is 12.2. The first-order valence-electron chi connectivity index (χ1n) is 6.55. The van der Waals surface area contributed by atoms with Gasteiger partial charge in [-0.25, -0.2) is 0 Å². The summed E-state index contributed by atoms with van der Waals surface area (Å²) in [6.45, 7) is 2.51. The predicted molar refractivity (Wildman–Crippen MR) is 70.6 cm³/mol. The molecular weight excluding hydrogens is 226 g/mol. The van der Waals surface area contributed by atoms with Gasteiger partial charge in [0.25, 0.3) is 0 Å². The summed E-state index contributed by atoms with van der Waals surface area (Å²) >= 11 is 0. The number of rotatable bonds is 3. The molecule has 1 amide bonds. The third-order valence-corrected chi connectivity index (χ3v) is 3.76. The first-order chi connectivity index (χ1) is 8.59. The van der Waals surface area contributed by atoms with Crippen molar-refractivity contribution in [1.29, 1.82) is 0 Å². The van der Waals surface area contributed by atoms with Crippen molar-refractivity contribution in [2.24, 2.45) is 11.7 Å². The van der Waals surface area contributed by atoms with Gasteiger partial charge in [-0.1, -0.05) is 18.9 Å². The fourth-order valence-electron chi connectivity index (χ4n) is 2.60. The molecule has 2 rings (SSSR count). The summed E-state index contributed by atoms with van der Waals surface area (Å²) in [5.74, 6) is 0.00599. The van der Waals surface area contributed by atoms with Crippen LogP contribution in [-0.4, -0.2) is 16.4 Å². The Bertz CT molecular complexity index is 403. The van der Waals surface area contributed by atoms with Gasteiger partial charge in [-0.2, -0.15) is 0 Å². The van der Waals surface area contributed by atoms with Crippen LogP contribution in [0, 0.1) is 5.92 Å². The molecule has 1 aliphatic rings. The maximum Gasteiger partial charge on any atom is 0.225 e. The van der Waals surface area contributed by atoms with Gasteiger partial charge in [-0.15, -0.1) is 0 Å². The normalized spacial score (nSPS) is 27.8. The number of pyridine rings is 1. The third-order valence-electron chi connectivity index (χ3n) is 3.76. The van der Waals surface area contributed by atoms with Crippen LogP contribution in [0.3, 0.4) is 0 Å². The zero-order valence-electron chi connectivity index (χ0n) is 10.9. The molecule has 3 N–H and O–H groups in total. The molecule has 98 valence electrons. The second-order valence-corrected chi connectivity index (χ2v) is 5.38. The van der Waals surface area contributed by atoms with Crippen molar-refractivity contribution in [1.82, 2.24) is 10.3 Å². The van der Waals surface area contributed by atoms with Crippen LogP contribution in [0.25, 0.3) is 0 Å². The predicted octanol–water partition coefficient (Wildman–Crippen LogP) is 1.61. The minimum Gasteiger partial charge on any atom is -0.352 e. The molecule has 2 atom stereocenters. The van der Waals surface area contributed by atoms with E-state index < -0.39 is 0 Å². The number of hydrogen-bond donors (Lipinski definition) is 2. The average molecular weight is 247 g/mol. The molecule has 4 heteroatoms. The number of nitrogens with zero attached hydrogens (tertiary/aromatic N) is 1. The van der Waals surface area contributed by atoms with E-state index in [2.05, 4.69) is 10.3 Å². The van der Waals surface area contributed by atoms with Gasteiger partial charge in [-0.05, 0) is 31.4 Å². The monoisotopic (exact) mass is 247 g/mol. The number of carbonyl (C=O) groups is 1. The van der Waals surface area contributed by atoms with E-state index in [-0.39, 0.29) is 17.4 Å². The quantitative estimate of drug-likeness (QED) is 0.852. The summed E-state index contributed by atoms with van der Waals surface area (Å²) in [4.78, 5) is 16.2. The molecule has 4 nitrogen and oxygen atoms in total. The largest absolute Gasteiger partial charge is 0.352 e. The molecule has 0 aliphatic heterocycles. The highest BCUT2D eigenvalue weighted by Crippen LogP contribution is 2.31. The molecule has 1 heterocycles. The summed E-state index contributed by atoms with van der Waals surface area (Å²) in [7, 11) is 0. The van der Waals surface area contributed by atoms with Crippen molar-refractivity contribution in [3.63, 3.8) is 0 Å². The molecule has 1 fully saturated rings. The zero-order valence-corrected chi connectivity index (χ0v) is 10.9. The highest BCUT2D eigenvalue weighted by molar-refractivity contribution is 5.80. The molecular formula is C14H21N3O. The Morgan fingerprint density at radius 1 is 1.61 bits per heavy atom. The highest BCUT2D eigenvalue weighted by atomic mass is 16.1. The van der Waals surface area contributed by atoms with Crippen LogP contribution in [-0.2, 0) is 11.3 Å². The first kappa shape index (κ1) is 13.0. The van der Waals surface area contributed by atoms with Gasteiger partial charge in [0.05, 0.1) is 5.92 Å². The van der Waals surface area contributed by atoms with E-state index in [0.29, 0.717) is 6.54 Å². The lowest BCUT2D eigenvalue weighted by Gasteiger charge is -2.37. The van der Waals surface area contributed by atoms with E-state index in [1.165, 1.54) is 0 Å². The Kier molecular flexibility index (Phi) is 3.97. The Morgan fingerprint density at radius 3 is 3.11 bits per heavy atom. The highest BCUT2D eigenvalue weighted by Gasteiger charge is 2.37. The SMILES string of the molecule is CC1(N)CCCCC1C(=O)NCc1cccnc1. The Morgan fingerprint density at radius 2 is 2.44 bits per heavy atom. The zero-order chi connectivity index (χ0) is 13.0.